The highest BCUT2D eigenvalue weighted by atomic mass is 16.6. The van der Waals surface area contributed by atoms with Crippen LogP contribution in [0.15, 0.2) is 24.3 Å². The normalized spacial score (nSPS) is 20.0. The minimum atomic E-state index is -0.260. The summed E-state index contributed by atoms with van der Waals surface area (Å²) < 4.78 is 5.06. The molecule has 1 aromatic rings. The van der Waals surface area contributed by atoms with E-state index in [1.54, 1.807) is 4.90 Å². The van der Waals surface area contributed by atoms with Crippen molar-refractivity contribution in [3.63, 3.8) is 0 Å². The lowest BCUT2D eigenvalue weighted by molar-refractivity contribution is 0.178. The Hall–Kier alpha value is -1.55. The van der Waals surface area contributed by atoms with E-state index in [-0.39, 0.29) is 12.1 Å². The van der Waals surface area contributed by atoms with Crippen molar-refractivity contribution < 1.29 is 9.53 Å². The Bertz CT molecular complexity index is 375. The number of likely N-dealkylation sites (N-methyl/N-ethyl adjacent to an activating group) is 1. The minimum Gasteiger partial charge on any atom is -0.447 e. The molecule has 0 aliphatic carbocycles. The van der Waals surface area contributed by atoms with Crippen LogP contribution in [0.4, 0.5) is 10.5 Å². The highest BCUT2D eigenvalue weighted by Gasteiger charge is 2.33. The van der Waals surface area contributed by atoms with Gasteiger partial charge in [-0.05, 0) is 26.1 Å². The molecule has 1 fully saturated rings. The Balaban J connectivity index is 2.22. The summed E-state index contributed by atoms with van der Waals surface area (Å²) in [4.78, 5) is 13.3. The number of rotatable bonds is 3. The van der Waals surface area contributed by atoms with Crippen molar-refractivity contribution in [1.82, 2.24) is 5.32 Å². The molecule has 1 amide bonds. The first kappa shape index (κ1) is 11.0. The maximum Gasteiger partial charge on any atom is 0.414 e. The average molecular weight is 220 g/mol. The predicted octanol–water partition coefficient (Wildman–Crippen LogP) is 1.54. The molecule has 1 heterocycles. The quantitative estimate of drug-likeness (QED) is 0.840. The van der Waals surface area contributed by atoms with Gasteiger partial charge in [0.1, 0.15) is 6.61 Å². The van der Waals surface area contributed by atoms with E-state index in [1.807, 2.05) is 38.2 Å². The summed E-state index contributed by atoms with van der Waals surface area (Å²) in [5.74, 6) is 0. The molecule has 86 valence electrons. The van der Waals surface area contributed by atoms with E-state index >= 15 is 0 Å². The largest absolute Gasteiger partial charge is 0.447 e. The highest BCUT2D eigenvalue weighted by molar-refractivity contribution is 5.90. The summed E-state index contributed by atoms with van der Waals surface area (Å²) in [6, 6.07) is 7.98. The molecule has 0 radical (unpaired) electrons. The van der Waals surface area contributed by atoms with Crippen molar-refractivity contribution in [3.8, 4) is 0 Å². The number of amides is 1. The van der Waals surface area contributed by atoms with Gasteiger partial charge < -0.3 is 10.1 Å². The maximum atomic E-state index is 11.6. The summed E-state index contributed by atoms with van der Waals surface area (Å²) in [6.45, 7) is 3.21. The highest BCUT2D eigenvalue weighted by Crippen LogP contribution is 2.23. The van der Waals surface area contributed by atoms with E-state index in [0.29, 0.717) is 6.61 Å². The first-order valence-corrected chi connectivity index (χ1v) is 5.39. The average Bonchev–Trinajstić information content (AvgIpc) is 2.62. The monoisotopic (exact) mass is 220 g/mol. The summed E-state index contributed by atoms with van der Waals surface area (Å²) in [5, 5.41) is 3.07. The number of anilines is 1. The lowest BCUT2D eigenvalue weighted by Gasteiger charge is -2.21. The molecule has 1 aromatic carbocycles. The fourth-order valence-corrected chi connectivity index (χ4v) is 1.87. The second-order valence-electron chi connectivity index (χ2n) is 3.99. The number of carbonyl (C=O) groups is 1. The van der Waals surface area contributed by atoms with Crippen molar-refractivity contribution >= 4 is 11.8 Å². The molecule has 1 aliphatic heterocycles. The van der Waals surface area contributed by atoms with Crippen LogP contribution in [0.5, 0.6) is 0 Å². The van der Waals surface area contributed by atoms with Crippen LogP contribution >= 0.6 is 0 Å². The van der Waals surface area contributed by atoms with Crippen LogP contribution in [0.25, 0.3) is 0 Å². The topological polar surface area (TPSA) is 41.6 Å². The van der Waals surface area contributed by atoms with Gasteiger partial charge in [0.15, 0.2) is 0 Å². The zero-order valence-corrected chi connectivity index (χ0v) is 9.56. The van der Waals surface area contributed by atoms with Crippen LogP contribution in [0.2, 0.25) is 0 Å². The third kappa shape index (κ3) is 2.02. The fraction of sp³-hybridized carbons (Fsp3) is 0.417. The Labute approximate surface area is 95.2 Å². The summed E-state index contributed by atoms with van der Waals surface area (Å²) in [5.41, 5.74) is 2.08. The first-order chi connectivity index (χ1) is 7.72. The number of hydrogen-bond donors (Lipinski definition) is 1. The number of aryl methyl sites for hydroxylation is 1. The summed E-state index contributed by atoms with van der Waals surface area (Å²) >= 11 is 0. The van der Waals surface area contributed by atoms with Crippen molar-refractivity contribution in [2.45, 2.75) is 13.0 Å². The number of benzene rings is 1. The van der Waals surface area contributed by atoms with Crippen molar-refractivity contribution in [2.24, 2.45) is 0 Å². The SMILES string of the molecule is CNCC1COC(=O)N1c1ccc(C)cc1. The smallest absolute Gasteiger partial charge is 0.414 e. The molecule has 0 saturated carbocycles. The molecule has 1 N–H and O–H groups in total. The third-order valence-corrected chi connectivity index (χ3v) is 2.71. The minimum absolute atomic E-state index is 0.0835. The van der Waals surface area contributed by atoms with Crippen molar-refractivity contribution in [3.05, 3.63) is 29.8 Å². The number of nitrogens with zero attached hydrogens (tertiary/aromatic N) is 1. The Morgan fingerprint density at radius 2 is 2.12 bits per heavy atom. The van der Waals surface area contributed by atoms with Crippen LogP contribution in [-0.4, -0.2) is 32.3 Å². The Kier molecular flexibility index (Phi) is 3.10. The van der Waals surface area contributed by atoms with Gasteiger partial charge in [-0.1, -0.05) is 17.7 Å². The zero-order chi connectivity index (χ0) is 11.5. The molecule has 1 aliphatic rings. The third-order valence-electron chi connectivity index (χ3n) is 2.71. The second kappa shape index (κ2) is 4.53. The van der Waals surface area contributed by atoms with Gasteiger partial charge in [-0.25, -0.2) is 4.79 Å². The molecule has 1 saturated heterocycles. The molecule has 4 nitrogen and oxygen atoms in total. The van der Waals surface area contributed by atoms with E-state index in [4.69, 9.17) is 4.74 Å². The molecule has 16 heavy (non-hydrogen) atoms. The van der Waals surface area contributed by atoms with Crippen LogP contribution < -0.4 is 10.2 Å². The molecular formula is C12H16N2O2. The van der Waals surface area contributed by atoms with Gasteiger partial charge in [0, 0.05) is 12.2 Å². The van der Waals surface area contributed by atoms with E-state index in [0.717, 1.165) is 12.2 Å². The van der Waals surface area contributed by atoms with Gasteiger partial charge in [0.25, 0.3) is 0 Å². The molecule has 0 aromatic heterocycles. The van der Waals surface area contributed by atoms with E-state index in [1.165, 1.54) is 5.56 Å². The predicted molar refractivity (Wildman–Crippen MR) is 62.7 cm³/mol. The van der Waals surface area contributed by atoms with Gasteiger partial charge in [0.05, 0.1) is 6.04 Å². The van der Waals surface area contributed by atoms with Gasteiger partial charge >= 0.3 is 6.09 Å². The van der Waals surface area contributed by atoms with Crippen LogP contribution in [0.3, 0.4) is 0 Å². The molecule has 1 unspecified atom stereocenters. The second-order valence-corrected chi connectivity index (χ2v) is 3.99. The van der Waals surface area contributed by atoms with Crippen LogP contribution in [-0.2, 0) is 4.74 Å². The fourth-order valence-electron chi connectivity index (χ4n) is 1.87. The lowest BCUT2D eigenvalue weighted by atomic mass is 10.2. The van der Waals surface area contributed by atoms with E-state index in [2.05, 4.69) is 5.32 Å². The number of nitrogens with one attached hydrogen (secondary N) is 1. The summed E-state index contributed by atoms with van der Waals surface area (Å²) in [7, 11) is 1.87. The first-order valence-electron chi connectivity index (χ1n) is 5.39. The molecule has 2 rings (SSSR count). The van der Waals surface area contributed by atoms with E-state index < -0.39 is 0 Å². The van der Waals surface area contributed by atoms with Crippen molar-refractivity contribution in [2.75, 3.05) is 25.1 Å². The van der Waals surface area contributed by atoms with Gasteiger partial charge in [-0.15, -0.1) is 0 Å². The molecule has 0 bridgehead atoms. The number of carbonyl (C=O) groups excluding carboxylic acids is 1. The molecule has 0 spiro atoms. The zero-order valence-electron chi connectivity index (χ0n) is 9.56. The van der Waals surface area contributed by atoms with E-state index in [9.17, 15) is 4.79 Å². The van der Waals surface area contributed by atoms with Gasteiger partial charge in [0.2, 0.25) is 0 Å². The number of ether oxygens (including phenoxy) is 1. The summed E-state index contributed by atoms with van der Waals surface area (Å²) in [6.07, 6.45) is -0.260. The Morgan fingerprint density at radius 3 is 2.75 bits per heavy atom. The van der Waals surface area contributed by atoms with Crippen LogP contribution in [0, 0.1) is 6.92 Å². The maximum absolute atomic E-state index is 11.6. The number of cyclic esters (lactones) is 1. The molecular weight excluding hydrogens is 204 g/mol. The van der Waals surface area contributed by atoms with Gasteiger partial charge in [-0.2, -0.15) is 0 Å². The standard InChI is InChI=1S/C12H16N2O2/c1-9-3-5-10(6-4-9)14-11(7-13-2)8-16-12(14)15/h3-6,11,13H,7-8H2,1-2H3. The van der Waals surface area contributed by atoms with Gasteiger partial charge in [-0.3, -0.25) is 4.90 Å². The number of hydrogen-bond acceptors (Lipinski definition) is 3. The van der Waals surface area contributed by atoms with Crippen molar-refractivity contribution in [1.29, 1.82) is 0 Å². The molecule has 1 atom stereocenters. The van der Waals surface area contributed by atoms with Crippen LogP contribution in [0.1, 0.15) is 5.56 Å². The Morgan fingerprint density at radius 1 is 1.44 bits per heavy atom. The molecule has 4 heteroatoms. The lowest BCUT2D eigenvalue weighted by Crippen LogP contribution is -2.40.